The van der Waals surface area contributed by atoms with Gasteiger partial charge in [0.1, 0.15) is 11.5 Å². The van der Waals surface area contributed by atoms with Crippen molar-refractivity contribution in [3.05, 3.63) is 52.4 Å². The molecule has 0 aliphatic rings. The number of carbonyl (C=O) groups excluding carboxylic acids is 1. The lowest BCUT2D eigenvalue weighted by Gasteiger charge is -2.14. The highest BCUT2D eigenvalue weighted by atomic mass is 79.9. The van der Waals surface area contributed by atoms with Crippen LogP contribution in [0.25, 0.3) is 0 Å². The lowest BCUT2D eigenvalue weighted by atomic mass is 10.1. The summed E-state index contributed by atoms with van der Waals surface area (Å²) >= 11 is 3.42. The van der Waals surface area contributed by atoms with E-state index in [4.69, 9.17) is 0 Å². The van der Waals surface area contributed by atoms with Gasteiger partial charge in [-0.2, -0.15) is 0 Å². The Kier molecular flexibility index (Phi) is 4.68. The van der Waals surface area contributed by atoms with Crippen LogP contribution in [0, 0.1) is 0 Å². The summed E-state index contributed by atoms with van der Waals surface area (Å²) < 4.78 is 0.980. The minimum Gasteiger partial charge on any atom is -0.372 e. The molecule has 1 heterocycles. The minimum atomic E-state index is -0.248. The van der Waals surface area contributed by atoms with E-state index in [1.807, 2.05) is 31.2 Å². The Morgan fingerprint density at radius 2 is 2.15 bits per heavy atom. The summed E-state index contributed by atoms with van der Waals surface area (Å²) in [5, 5.41) is 5.76. The molecule has 0 radical (unpaired) electrons. The fourth-order valence-electron chi connectivity index (χ4n) is 1.73. The molecule has 2 N–H and O–H groups in total. The third-order valence-corrected chi connectivity index (χ3v) is 3.31. The Labute approximate surface area is 126 Å². The normalized spacial score (nSPS) is 11.8. The van der Waals surface area contributed by atoms with Crippen molar-refractivity contribution >= 4 is 27.7 Å². The van der Waals surface area contributed by atoms with E-state index in [2.05, 4.69) is 36.5 Å². The Bertz CT molecular complexity index is 618. The highest BCUT2D eigenvalue weighted by Gasteiger charge is 2.13. The number of benzene rings is 1. The Balaban J connectivity index is 2.10. The van der Waals surface area contributed by atoms with E-state index in [1.54, 1.807) is 13.2 Å². The first kappa shape index (κ1) is 14.5. The van der Waals surface area contributed by atoms with Crippen molar-refractivity contribution in [1.29, 1.82) is 0 Å². The van der Waals surface area contributed by atoms with Crippen LogP contribution in [0.2, 0.25) is 0 Å². The van der Waals surface area contributed by atoms with Crippen molar-refractivity contribution in [2.75, 3.05) is 12.4 Å². The zero-order valence-electron chi connectivity index (χ0n) is 11.2. The number of nitrogens with zero attached hydrogens (tertiary/aromatic N) is 2. The highest BCUT2D eigenvalue weighted by Crippen LogP contribution is 2.18. The largest absolute Gasteiger partial charge is 0.372 e. The number of hydrogen-bond donors (Lipinski definition) is 2. The van der Waals surface area contributed by atoms with Gasteiger partial charge in [-0.05, 0) is 24.6 Å². The van der Waals surface area contributed by atoms with Crippen molar-refractivity contribution in [2.24, 2.45) is 0 Å². The molecule has 0 saturated carbocycles. The molecular weight excluding hydrogens is 320 g/mol. The molecule has 5 nitrogen and oxygen atoms in total. The van der Waals surface area contributed by atoms with E-state index in [0.717, 1.165) is 10.0 Å². The molecule has 1 aromatic heterocycles. The van der Waals surface area contributed by atoms with Crippen LogP contribution in [0.15, 0.2) is 41.1 Å². The third-order valence-electron chi connectivity index (χ3n) is 2.82. The number of hydrogen-bond acceptors (Lipinski definition) is 4. The maximum atomic E-state index is 12.1. The van der Waals surface area contributed by atoms with E-state index in [0.29, 0.717) is 11.5 Å². The molecule has 2 rings (SSSR count). The second kappa shape index (κ2) is 6.47. The molecule has 1 atom stereocenters. The van der Waals surface area contributed by atoms with Crippen LogP contribution in [0.3, 0.4) is 0 Å². The molecule has 1 amide bonds. The van der Waals surface area contributed by atoms with Crippen molar-refractivity contribution in [2.45, 2.75) is 13.0 Å². The van der Waals surface area contributed by atoms with Crippen LogP contribution in [0.1, 0.15) is 29.0 Å². The number of amides is 1. The summed E-state index contributed by atoms with van der Waals surface area (Å²) in [6.45, 7) is 1.93. The summed E-state index contributed by atoms with van der Waals surface area (Å²) in [5.41, 5.74) is 1.31. The molecule has 1 aromatic carbocycles. The summed E-state index contributed by atoms with van der Waals surface area (Å²) in [6.07, 6.45) is 3.01. The maximum Gasteiger partial charge on any atom is 0.272 e. The maximum absolute atomic E-state index is 12.1. The summed E-state index contributed by atoms with van der Waals surface area (Å²) in [6, 6.07) is 7.70. The summed E-state index contributed by atoms with van der Waals surface area (Å²) in [5.74, 6) is 0.315. The summed E-state index contributed by atoms with van der Waals surface area (Å²) in [7, 11) is 1.73. The lowest BCUT2D eigenvalue weighted by molar-refractivity contribution is 0.0934. The number of rotatable bonds is 4. The molecule has 0 aliphatic heterocycles. The number of carbonyl (C=O) groups is 1. The molecule has 1 unspecified atom stereocenters. The van der Waals surface area contributed by atoms with Crippen molar-refractivity contribution in [3.63, 3.8) is 0 Å². The first-order chi connectivity index (χ1) is 9.60. The van der Waals surface area contributed by atoms with Gasteiger partial charge in [0.2, 0.25) is 0 Å². The molecular formula is C14H15BrN4O. The van der Waals surface area contributed by atoms with Gasteiger partial charge in [0.05, 0.1) is 18.4 Å². The zero-order valence-corrected chi connectivity index (χ0v) is 12.8. The lowest BCUT2D eigenvalue weighted by Crippen LogP contribution is -2.27. The third kappa shape index (κ3) is 3.54. The van der Waals surface area contributed by atoms with Gasteiger partial charge < -0.3 is 10.6 Å². The van der Waals surface area contributed by atoms with Crippen molar-refractivity contribution in [1.82, 2.24) is 15.3 Å². The molecule has 0 fully saturated rings. The second-order valence-corrected chi connectivity index (χ2v) is 5.21. The molecule has 0 spiro atoms. The molecule has 20 heavy (non-hydrogen) atoms. The first-order valence-corrected chi connectivity index (χ1v) is 6.95. The minimum absolute atomic E-state index is 0.111. The SMILES string of the molecule is CNc1cncc(C(=O)NC(C)c2cccc(Br)c2)n1. The molecule has 0 bridgehead atoms. The van der Waals surface area contributed by atoms with Gasteiger partial charge in [-0.1, -0.05) is 28.1 Å². The van der Waals surface area contributed by atoms with Gasteiger partial charge in [-0.3, -0.25) is 9.78 Å². The molecule has 0 aliphatic carbocycles. The van der Waals surface area contributed by atoms with Gasteiger partial charge in [0, 0.05) is 11.5 Å². The number of anilines is 1. The Hall–Kier alpha value is -1.95. The van der Waals surface area contributed by atoms with Crippen LogP contribution >= 0.6 is 15.9 Å². The Morgan fingerprint density at radius 1 is 1.35 bits per heavy atom. The average molecular weight is 335 g/mol. The van der Waals surface area contributed by atoms with Gasteiger partial charge in [-0.15, -0.1) is 0 Å². The number of aromatic nitrogens is 2. The monoisotopic (exact) mass is 334 g/mol. The standard InChI is InChI=1S/C14H15BrN4O/c1-9(10-4-3-5-11(15)6-10)18-14(20)12-7-17-8-13(16-2)19-12/h3-9H,1-2H3,(H,16,19)(H,18,20). The molecule has 6 heteroatoms. The van der Waals surface area contributed by atoms with Crippen LogP contribution in [0.5, 0.6) is 0 Å². The van der Waals surface area contributed by atoms with Gasteiger partial charge in [0.25, 0.3) is 5.91 Å². The van der Waals surface area contributed by atoms with Crippen molar-refractivity contribution < 1.29 is 4.79 Å². The quantitative estimate of drug-likeness (QED) is 0.902. The predicted molar refractivity (Wildman–Crippen MR) is 81.6 cm³/mol. The van der Waals surface area contributed by atoms with E-state index in [9.17, 15) is 4.79 Å². The fraction of sp³-hybridized carbons (Fsp3) is 0.214. The van der Waals surface area contributed by atoms with Crippen LogP contribution in [0.4, 0.5) is 5.82 Å². The fourth-order valence-corrected chi connectivity index (χ4v) is 2.14. The topological polar surface area (TPSA) is 66.9 Å². The number of halogens is 1. The Morgan fingerprint density at radius 3 is 2.85 bits per heavy atom. The van der Waals surface area contributed by atoms with E-state index in [-0.39, 0.29) is 11.9 Å². The smallest absolute Gasteiger partial charge is 0.272 e. The van der Waals surface area contributed by atoms with Crippen LogP contribution in [-0.4, -0.2) is 22.9 Å². The molecule has 2 aromatic rings. The van der Waals surface area contributed by atoms with Gasteiger partial charge >= 0.3 is 0 Å². The van der Waals surface area contributed by atoms with Gasteiger partial charge in [-0.25, -0.2) is 4.98 Å². The second-order valence-electron chi connectivity index (χ2n) is 4.29. The van der Waals surface area contributed by atoms with E-state index >= 15 is 0 Å². The highest BCUT2D eigenvalue weighted by molar-refractivity contribution is 9.10. The average Bonchev–Trinajstić information content (AvgIpc) is 2.47. The van der Waals surface area contributed by atoms with Crippen LogP contribution in [-0.2, 0) is 0 Å². The molecule has 0 saturated heterocycles. The summed E-state index contributed by atoms with van der Waals surface area (Å²) in [4.78, 5) is 20.3. The number of nitrogens with one attached hydrogen (secondary N) is 2. The van der Waals surface area contributed by atoms with Crippen LogP contribution < -0.4 is 10.6 Å². The molecule has 104 valence electrons. The predicted octanol–water partition coefficient (Wildman–Crippen LogP) is 2.77. The van der Waals surface area contributed by atoms with E-state index in [1.165, 1.54) is 6.20 Å². The van der Waals surface area contributed by atoms with Gasteiger partial charge in [0.15, 0.2) is 0 Å². The van der Waals surface area contributed by atoms with E-state index < -0.39 is 0 Å². The first-order valence-electron chi connectivity index (χ1n) is 6.16. The zero-order chi connectivity index (χ0) is 14.5. The van der Waals surface area contributed by atoms with Crippen molar-refractivity contribution in [3.8, 4) is 0 Å².